The van der Waals surface area contributed by atoms with Gasteiger partial charge in [-0.2, -0.15) is 42.6 Å². The average molecular weight is 382 g/mol. The Morgan fingerprint density at radius 2 is 1.50 bits per heavy atom. The molecule has 2 aromatic rings. The molecule has 6 heteroatoms. The van der Waals surface area contributed by atoms with Crippen molar-refractivity contribution in [3.63, 3.8) is 0 Å². The van der Waals surface area contributed by atoms with E-state index in [9.17, 15) is 4.39 Å². The first-order valence-corrected chi connectivity index (χ1v) is 5.95. The van der Waals surface area contributed by atoms with Crippen LogP contribution in [0.3, 0.4) is 0 Å². The van der Waals surface area contributed by atoms with E-state index >= 15 is 0 Å². The van der Waals surface area contributed by atoms with Crippen LogP contribution in [0, 0.1) is 33.5 Å². The van der Waals surface area contributed by atoms with Crippen LogP contribution in [0.2, 0.25) is 5.02 Å². The molecule has 0 bridgehead atoms. The molecule has 0 radical (unpaired) electrons. The van der Waals surface area contributed by atoms with Gasteiger partial charge in [-0.15, -0.1) is 23.3 Å². The number of rotatable bonds is 0. The van der Waals surface area contributed by atoms with Crippen molar-refractivity contribution in [2.24, 2.45) is 0 Å². The third kappa shape index (κ3) is 10.3. The van der Waals surface area contributed by atoms with Crippen LogP contribution in [0.4, 0.5) is 4.39 Å². The zero-order valence-corrected chi connectivity index (χ0v) is 17.9. The first-order chi connectivity index (χ1) is 8.41. The summed E-state index contributed by atoms with van der Waals surface area (Å²) < 4.78 is 12.4. The maximum Gasteiger partial charge on any atom is 2.00 e. The Bertz CT molecular complexity index is 529. The number of benzene rings is 2. The van der Waals surface area contributed by atoms with Gasteiger partial charge in [0.25, 0.3) is 0 Å². The number of aryl methyl sites for hydroxylation is 2. The Morgan fingerprint density at radius 3 is 1.86 bits per heavy atom. The van der Waals surface area contributed by atoms with Gasteiger partial charge < -0.3 is 24.8 Å². The number of halogens is 4. The van der Waals surface area contributed by atoms with Crippen molar-refractivity contribution in [2.45, 2.75) is 13.8 Å². The van der Waals surface area contributed by atoms with Crippen LogP contribution in [0.5, 0.6) is 0 Å². The van der Waals surface area contributed by atoms with Gasteiger partial charge in [-0.1, -0.05) is 37.1 Å². The molecule has 0 saturated heterocycles. The van der Waals surface area contributed by atoms with Gasteiger partial charge >= 0.3 is 46.1 Å². The Hall–Kier alpha value is 0.512. The first kappa shape index (κ1) is 30.4. The molecule has 2 aromatic carbocycles. The molecule has 0 unspecified atom stereocenters. The summed E-state index contributed by atoms with van der Waals surface area (Å²) in [4.78, 5) is 0. The van der Waals surface area contributed by atoms with E-state index < -0.39 is 0 Å². The van der Waals surface area contributed by atoms with E-state index in [1.54, 1.807) is 12.1 Å². The molecule has 0 fully saturated rings. The van der Waals surface area contributed by atoms with Crippen molar-refractivity contribution in [3.8, 4) is 0 Å². The molecule has 0 N–H and O–H groups in total. The molecule has 2 rings (SSSR count). The average Bonchev–Trinajstić information content (AvgIpc) is 2.32. The molecule has 112 valence electrons. The Morgan fingerprint density at radius 1 is 0.955 bits per heavy atom. The van der Waals surface area contributed by atoms with Crippen molar-refractivity contribution in [1.29, 1.82) is 0 Å². The van der Waals surface area contributed by atoms with Gasteiger partial charge in [0.1, 0.15) is 0 Å². The Kier molecular flexibility index (Phi) is 20.8. The van der Waals surface area contributed by atoms with Crippen LogP contribution in [0.25, 0.3) is 0 Å². The molecule has 0 atom stereocenters. The predicted octanol–water partition coefficient (Wildman–Crippen LogP) is -1.61. The first-order valence-electron chi connectivity index (χ1n) is 5.57. The van der Waals surface area contributed by atoms with E-state index in [0.29, 0.717) is 5.02 Å². The minimum Gasteiger partial charge on any atom is -1.00 e. The summed E-state index contributed by atoms with van der Waals surface area (Å²) in [7, 11) is 0. The molecule has 0 spiro atoms. The second-order valence-corrected chi connectivity index (χ2v) is 4.54. The van der Waals surface area contributed by atoms with Crippen LogP contribution in [0.1, 0.15) is 22.3 Å². The van der Waals surface area contributed by atoms with Gasteiger partial charge in [0.15, 0.2) is 0 Å². The summed E-state index contributed by atoms with van der Waals surface area (Å²) in [5.41, 5.74) is 3.94. The van der Waals surface area contributed by atoms with Gasteiger partial charge in [-0.05, 0) is 0 Å². The molecule has 0 aliphatic carbocycles. The fourth-order valence-electron chi connectivity index (χ4n) is 1.33. The van der Waals surface area contributed by atoms with Gasteiger partial charge in [0.05, 0.1) is 0 Å². The van der Waals surface area contributed by atoms with Crippen molar-refractivity contribution in [2.75, 3.05) is 0 Å². The van der Waals surface area contributed by atoms with Crippen molar-refractivity contribution < 1.29 is 29.2 Å². The van der Waals surface area contributed by atoms with Crippen LogP contribution in [-0.2, 0) is 0 Å². The Labute approximate surface area is 182 Å². The maximum absolute atomic E-state index is 12.4. The van der Waals surface area contributed by atoms with Gasteiger partial charge in [0, 0.05) is 5.82 Å². The van der Waals surface area contributed by atoms with Gasteiger partial charge in [-0.25, -0.2) is 0 Å². The van der Waals surface area contributed by atoms with E-state index in [1.807, 2.05) is 0 Å². The summed E-state index contributed by atoms with van der Waals surface area (Å²) in [5.74, 6) is -0.359. The summed E-state index contributed by atoms with van der Waals surface area (Å²) in [6.45, 7) is 11.4. The van der Waals surface area contributed by atoms with E-state index in [0.717, 1.165) is 5.56 Å². The van der Waals surface area contributed by atoms with Crippen LogP contribution >= 0.6 is 11.6 Å². The summed E-state index contributed by atoms with van der Waals surface area (Å²) in [5, 5.41) is 0.370. The number of hydrogen-bond acceptors (Lipinski definition) is 0. The maximum atomic E-state index is 12.4. The van der Waals surface area contributed by atoms with E-state index in [4.69, 9.17) is 11.6 Å². The quantitative estimate of drug-likeness (QED) is 0.380. The van der Waals surface area contributed by atoms with Crippen LogP contribution in [0.15, 0.2) is 36.4 Å². The molecule has 0 aromatic heterocycles. The largest absolute Gasteiger partial charge is 2.00 e. The minimum absolute atomic E-state index is 0. The normalized spacial score (nSPS) is 7.82. The molecule has 22 heavy (non-hydrogen) atoms. The summed E-state index contributed by atoms with van der Waals surface area (Å²) >= 11 is 5.51. The summed E-state index contributed by atoms with van der Waals surface area (Å²) in [6.07, 6.45) is 0. The van der Waals surface area contributed by atoms with Crippen LogP contribution in [-0.4, -0.2) is 46.1 Å². The fraction of sp³-hybridized carbons (Fsp3) is 0.125. The minimum atomic E-state index is -0.359. The van der Waals surface area contributed by atoms with Crippen LogP contribution < -0.4 is 24.8 Å². The monoisotopic (exact) mass is 380 g/mol. The fourth-order valence-corrected chi connectivity index (χ4v) is 1.50. The molecule has 0 aliphatic rings. The van der Waals surface area contributed by atoms with Crippen molar-refractivity contribution in [1.82, 2.24) is 0 Å². The van der Waals surface area contributed by atoms with Gasteiger partial charge in [-0.3, -0.25) is 4.39 Å². The second kappa shape index (κ2) is 15.1. The number of hydrogen-bond donors (Lipinski definition) is 0. The SMILES string of the molecule is [CH2-]c1c(F)cccc1Cl.[CH2-]c1cc(C)ccc1C.[Cl-].[Cl-].[Mg+2].[Mg+2]. The van der Waals surface area contributed by atoms with E-state index in [-0.39, 0.29) is 82.3 Å². The molecule has 0 nitrogen and oxygen atoms in total. The van der Waals surface area contributed by atoms with E-state index in [1.165, 1.54) is 17.2 Å². The zero-order valence-electron chi connectivity index (χ0n) is 12.8. The van der Waals surface area contributed by atoms with Crippen molar-refractivity contribution >= 4 is 57.7 Å². The molecule has 0 amide bonds. The predicted molar refractivity (Wildman–Crippen MR) is 87.8 cm³/mol. The second-order valence-electron chi connectivity index (χ2n) is 4.13. The molecular weight excluding hydrogens is 366 g/mol. The zero-order chi connectivity index (χ0) is 13.7. The summed E-state index contributed by atoms with van der Waals surface area (Å²) in [6, 6.07) is 10.8. The van der Waals surface area contributed by atoms with Gasteiger partial charge in [0.2, 0.25) is 0 Å². The smallest absolute Gasteiger partial charge is 1.00 e. The third-order valence-electron chi connectivity index (χ3n) is 2.57. The van der Waals surface area contributed by atoms with E-state index in [2.05, 4.69) is 45.9 Å². The molecule has 0 aliphatic heterocycles. The molecule has 0 saturated carbocycles. The topological polar surface area (TPSA) is 0 Å². The molecular formula is C16H16Cl3FMg2. The molecule has 0 heterocycles. The third-order valence-corrected chi connectivity index (χ3v) is 2.92. The standard InChI is InChI=1S/C9H11.C7H5ClF.2ClH.2Mg/c1-7-4-5-8(2)9(3)6-7;1-5-6(8)3-2-4-7(5)9;;;;/h4-6H,3H2,1-2H3;2-4H,1H2;2*1H;;/q2*-1;;;2*+2/p-2. The van der Waals surface area contributed by atoms with Crippen molar-refractivity contribution in [3.05, 3.63) is 83.3 Å². The Balaban J connectivity index is -0.000000125.